The lowest BCUT2D eigenvalue weighted by atomic mass is 9.79. The summed E-state index contributed by atoms with van der Waals surface area (Å²) < 4.78 is -0.669. The molecule has 0 aliphatic carbocycles. The van der Waals surface area contributed by atoms with Gasteiger partial charge in [0.2, 0.25) is 5.91 Å². The normalized spacial score (nSPS) is 22.0. The number of carbonyl (C=O) groups excluding carboxylic acids is 1. The van der Waals surface area contributed by atoms with E-state index in [1.54, 1.807) is 4.90 Å². The predicted molar refractivity (Wildman–Crippen MR) is 88.7 cm³/mol. The summed E-state index contributed by atoms with van der Waals surface area (Å²) in [5, 5.41) is 0. The molecule has 0 radical (unpaired) electrons. The van der Waals surface area contributed by atoms with Crippen LogP contribution < -0.4 is 0 Å². The molecule has 1 fully saturated rings. The van der Waals surface area contributed by atoms with Gasteiger partial charge >= 0.3 is 0 Å². The van der Waals surface area contributed by atoms with E-state index < -0.39 is 4.75 Å². The highest BCUT2D eigenvalue weighted by atomic mass is 32.1. The summed E-state index contributed by atoms with van der Waals surface area (Å²) in [6.45, 7) is 0.762. The molecular weight excluding hydrogens is 278 g/mol. The minimum absolute atomic E-state index is 0.0271. The molecule has 0 spiro atoms. The third kappa shape index (κ3) is 2.46. The predicted octanol–water partition coefficient (Wildman–Crippen LogP) is 3.35. The van der Waals surface area contributed by atoms with Gasteiger partial charge in [0.05, 0.1) is 0 Å². The number of nitrogens with zero attached hydrogens (tertiary/aromatic N) is 1. The molecule has 0 aromatic heterocycles. The van der Waals surface area contributed by atoms with Crippen molar-refractivity contribution in [1.82, 2.24) is 4.90 Å². The fourth-order valence-electron chi connectivity index (χ4n) is 3.18. The van der Waals surface area contributed by atoms with Crippen molar-refractivity contribution < 1.29 is 4.79 Å². The number of benzene rings is 2. The van der Waals surface area contributed by atoms with Crippen molar-refractivity contribution >= 4 is 18.5 Å². The first kappa shape index (κ1) is 14.2. The Bertz CT molecular complexity index is 589. The molecule has 3 heteroatoms. The maximum atomic E-state index is 12.7. The van der Waals surface area contributed by atoms with Crippen LogP contribution in [-0.2, 0) is 4.79 Å². The van der Waals surface area contributed by atoms with Crippen LogP contribution in [0, 0.1) is 0 Å². The second-order valence-electron chi connectivity index (χ2n) is 5.66. The van der Waals surface area contributed by atoms with Gasteiger partial charge in [0.1, 0.15) is 4.75 Å². The Kier molecular flexibility index (Phi) is 3.77. The van der Waals surface area contributed by atoms with E-state index in [0.29, 0.717) is 0 Å². The summed E-state index contributed by atoms with van der Waals surface area (Å²) in [5.74, 6) is 0.0872. The largest absolute Gasteiger partial charge is 0.344 e. The van der Waals surface area contributed by atoms with Gasteiger partial charge in [-0.05, 0) is 17.5 Å². The fraction of sp³-hybridized carbons (Fsp3) is 0.278. The van der Waals surface area contributed by atoms with Crippen LogP contribution in [0.1, 0.15) is 23.5 Å². The van der Waals surface area contributed by atoms with Gasteiger partial charge in [-0.15, -0.1) is 0 Å². The van der Waals surface area contributed by atoms with Crippen LogP contribution in [0.2, 0.25) is 0 Å². The number of hydrogen-bond acceptors (Lipinski definition) is 2. The molecule has 3 rings (SSSR count). The van der Waals surface area contributed by atoms with Crippen molar-refractivity contribution in [3.63, 3.8) is 0 Å². The highest BCUT2D eigenvalue weighted by Gasteiger charge is 2.49. The summed E-state index contributed by atoms with van der Waals surface area (Å²) in [5.41, 5.74) is 2.28. The maximum Gasteiger partial charge on any atom is 0.239 e. The van der Waals surface area contributed by atoms with E-state index in [9.17, 15) is 4.79 Å². The number of thiol groups is 1. The molecule has 1 atom stereocenters. The standard InChI is InChI=1S/C18H19NOS/c1-19-13-12-18(21,17(19)20)16(14-8-4-2-5-9-14)15-10-6-3-7-11-15/h2-11,16,21H,12-13H2,1H3. The highest BCUT2D eigenvalue weighted by Crippen LogP contribution is 2.45. The maximum absolute atomic E-state index is 12.7. The zero-order valence-electron chi connectivity index (χ0n) is 12.1. The molecule has 108 valence electrons. The lowest BCUT2D eigenvalue weighted by Crippen LogP contribution is -2.39. The van der Waals surface area contributed by atoms with Gasteiger partial charge in [-0.3, -0.25) is 4.79 Å². The van der Waals surface area contributed by atoms with Crippen LogP contribution in [0.3, 0.4) is 0 Å². The molecule has 1 unspecified atom stereocenters. The summed E-state index contributed by atoms with van der Waals surface area (Å²) >= 11 is 4.86. The molecule has 1 amide bonds. The quantitative estimate of drug-likeness (QED) is 0.862. The van der Waals surface area contributed by atoms with Crippen LogP contribution >= 0.6 is 12.6 Å². The topological polar surface area (TPSA) is 20.3 Å². The smallest absolute Gasteiger partial charge is 0.239 e. The average molecular weight is 297 g/mol. The first-order chi connectivity index (χ1) is 10.1. The van der Waals surface area contributed by atoms with Crippen LogP contribution in [0.4, 0.5) is 0 Å². The van der Waals surface area contributed by atoms with Gasteiger partial charge in [-0.1, -0.05) is 60.7 Å². The molecule has 0 saturated carbocycles. The van der Waals surface area contributed by atoms with E-state index in [1.807, 2.05) is 43.4 Å². The molecule has 2 aromatic carbocycles. The summed E-state index contributed by atoms with van der Waals surface area (Å²) in [4.78, 5) is 14.4. The molecule has 2 aromatic rings. The summed E-state index contributed by atoms with van der Waals surface area (Å²) in [7, 11) is 1.85. The van der Waals surface area contributed by atoms with E-state index in [0.717, 1.165) is 24.1 Å². The lowest BCUT2D eigenvalue weighted by Gasteiger charge is -2.32. The van der Waals surface area contributed by atoms with E-state index in [2.05, 4.69) is 24.3 Å². The highest BCUT2D eigenvalue weighted by molar-refractivity contribution is 7.82. The van der Waals surface area contributed by atoms with Gasteiger partial charge in [-0.2, -0.15) is 12.6 Å². The average Bonchev–Trinajstić information content (AvgIpc) is 2.78. The third-order valence-electron chi connectivity index (χ3n) is 4.29. The molecule has 21 heavy (non-hydrogen) atoms. The second kappa shape index (κ2) is 5.57. The van der Waals surface area contributed by atoms with Crippen molar-refractivity contribution in [3.05, 3.63) is 71.8 Å². The number of rotatable bonds is 3. The summed E-state index contributed by atoms with van der Waals surface area (Å²) in [6.07, 6.45) is 0.764. The van der Waals surface area contributed by atoms with Gasteiger partial charge < -0.3 is 4.90 Å². The monoisotopic (exact) mass is 297 g/mol. The van der Waals surface area contributed by atoms with Crippen molar-refractivity contribution in [2.75, 3.05) is 13.6 Å². The molecule has 1 saturated heterocycles. The van der Waals surface area contributed by atoms with Crippen LogP contribution in [0.5, 0.6) is 0 Å². The lowest BCUT2D eigenvalue weighted by molar-refractivity contribution is -0.128. The first-order valence-electron chi connectivity index (χ1n) is 7.21. The molecule has 0 bridgehead atoms. The number of carbonyl (C=O) groups is 1. The number of hydrogen-bond donors (Lipinski definition) is 1. The Morgan fingerprint density at radius 2 is 1.48 bits per heavy atom. The Morgan fingerprint density at radius 1 is 1.00 bits per heavy atom. The zero-order valence-corrected chi connectivity index (χ0v) is 13.0. The minimum atomic E-state index is -0.669. The van der Waals surface area contributed by atoms with E-state index in [-0.39, 0.29) is 11.8 Å². The Hall–Kier alpha value is -1.74. The molecular formula is C18H19NOS. The second-order valence-corrected chi connectivity index (χ2v) is 6.45. The molecule has 1 aliphatic rings. The van der Waals surface area contributed by atoms with Crippen molar-refractivity contribution in [2.45, 2.75) is 17.1 Å². The molecule has 1 heterocycles. The van der Waals surface area contributed by atoms with Gasteiger partial charge in [0, 0.05) is 19.5 Å². The van der Waals surface area contributed by atoms with Crippen molar-refractivity contribution in [3.8, 4) is 0 Å². The molecule has 0 N–H and O–H groups in total. The van der Waals surface area contributed by atoms with Crippen LogP contribution in [0.15, 0.2) is 60.7 Å². The Labute approximate surface area is 131 Å². The SMILES string of the molecule is CN1CCC(S)(C(c2ccccc2)c2ccccc2)C1=O. The van der Waals surface area contributed by atoms with Crippen LogP contribution in [-0.4, -0.2) is 29.1 Å². The first-order valence-corrected chi connectivity index (χ1v) is 7.65. The minimum Gasteiger partial charge on any atom is -0.344 e. The van der Waals surface area contributed by atoms with Gasteiger partial charge in [0.15, 0.2) is 0 Å². The zero-order chi connectivity index (χ0) is 14.9. The fourth-order valence-corrected chi connectivity index (χ4v) is 3.75. The number of likely N-dealkylation sites (tertiary alicyclic amines) is 1. The van der Waals surface area contributed by atoms with E-state index in [1.165, 1.54) is 0 Å². The van der Waals surface area contributed by atoms with Crippen molar-refractivity contribution in [2.24, 2.45) is 0 Å². The molecule has 1 aliphatic heterocycles. The summed E-state index contributed by atoms with van der Waals surface area (Å²) in [6, 6.07) is 20.4. The molecule has 2 nitrogen and oxygen atoms in total. The third-order valence-corrected chi connectivity index (χ3v) is 4.96. The van der Waals surface area contributed by atoms with E-state index >= 15 is 0 Å². The van der Waals surface area contributed by atoms with Gasteiger partial charge in [-0.25, -0.2) is 0 Å². The van der Waals surface area contributed by atoms with E-state index in [4.69, 9.17) is 12.6 Å². The van der Waals surface area contributed by atoms with Crippen LogP contribution in [0.25, 0.3) is 0 Å². The Balaban J connectivity index is 2.12. The van der Waals surface area contributed by atoms with Gasteiger partial charge in [0.25, 0.3) is 0 Å². The number of amides is 1. The Morgan fingerprint density at radius 3 is 1.86 bits per heavy atom. The van der Waals surface area contributed by atoms with Crippen molar-refractivity contribution in [1.29, 1.82) is 0 Å².